The van der Waals surface area contributed by atoms with E-state index in [9.17, 15) is 5.11 Å². The molecule has 2 aromatic rings. The topological polar surface area (TPSA) is 41.5 Å². The van der Waals surface area contributed by atoms with Gasteiger partial charge in [0.2, 0.25) is 0 Å². The van der Waals surface area contributed by atoms with Crippen LogP contribution in [-0.4, -0.2) is 18.8 Å². The zero-order chi connectivity index (χ0) is 13.7. The first-order chi connectivity index (χ1) is 9.20. The highest BCUT2D eigenvalue weighted by molar-refractivity contribution is 7.10. The van der Waals surface area contributed by atoms with Crippen molar-refractivity contribution >= 4 is 11.3 Å². The number of aliphatic hydroxyl groups excluding tert-OH is 1. The predicted octanol–water partition coefficient (Wildman–Crippen LogP) is 3.14. The third-order valence-corrected chi connectivity index (χ3v) is 4.08. The average Bonchev–Trinajstić information content (AvgIpc) is 2.98. The Bertz CT molecular complexity index is 481. The zero-order valence-corrected chi connectivity index (χ0v) is 12.0. The van der Waals surface area contributed by atoms with E-state index in [1.165, 1.54) is 5.56 Å². The van der Waals surface area contributed by atoms with Crippen LogP contribution in [0.2, 0.25) is 0 Å². The van der Waals surface area contributed by atoms with Gasteiger partial charge in [0, 0.05) is 17.5 Å². The average molecular weight is 277 g/mol. The second-order valence-corrected chi connectivity index (χ2v) is 5.41. The third-order valence-electron chi connectivity index (χ3n) is 3.10. The van der Waals surface area contributed by atoms with Gasteiger partial charge in [0.05, 0.1) is 7.11 Å². The fourth-order valence-corrected chi connectivity index (χ4v) is 2.59. The molecule has 0 aliphatic rings. The van der Waals surface area contributed by atoms with Gasteiger partial charge in [0.25, 0.3) is 0 Å². The van der Waals surface area contributed by atoms with Gasteiger partial charge in [-0.3, -0.25) is 0 Å². The molecule has 1 aromatic heterocycles. The van der Waals surface area contributed by atoms with Crippen LogP contribution >= 0.6 is 11.3 Å². The van der Waals surface area contributed by atoms with Gasteiger partial charge >= 0.3 is 0 Å². The van der Waals surface area contributed by atoms with Crippen molar-refractivity contribution in [3.05, 3.63) is 52.2 Å². The molecule has 1 unspecified atom stereocenters. The number of nitrogens with one attached hydrogen (secondary N) is 1. The van der Waals surface area contributed by atoms with Crippen molar-refractivity contribution in [3.63, 3.8) is 0 Å². The molecule has 3 nitrogen and oxygen atoms in total. The fourth-order valence-electron chi connectivity index (χ4n) is 1.88. The number of methoxy groups -OCH3 is 1. The van der Waals surface area contributed by atoms with Crippen LogP contribution in [0.1, 0.15) is 29.5 Å². The van der Waals surface area contributed by atoms with Gasteiger partial charge in [0.15, 0.2) is 0 Å². The maximum atomic E-state index is 10.0. The first kappa shape index (κ1) is 14.1. The van der Waals surface area contributed by atoms with Gasteiger partial charge in [-0.1, -0.05) is 18.2 Å². The van der Waals surface area contributed by atoms with Gasteiger partial charge in [0.1, 0.15) is 11.9 Å². The maximum absolute atomic E-state index is 10.0. The van der Waals surface area contributed by atoms with Crippen molar-refractivity contribution in [2.75, 3.05) is 13.7 Å². The highest BCUT2D eigenvalue weighted by atomic mass is 32.1. The standard InChI is InChI=1S/C15H19NO2S/c1-11(12-5-7-13(18-2)8-6-12)16-10-14(17)15-4-3-9-19-15/h3-9,11,14,16-17H,10H2,1-2H3/t11-,14?/m1/s1. The summed E-state index contributed by atoms with van der Waals surface area (Å²) in [7, 11) is 1.66. The number of aliphatic hydroxyl groups is 1. The summed E-state index contributed by atoms with van der Waals surface area (Å²) in [6.45, 7) is 2.64. The lowest BCUT2D eigenvalue weighted by Crippen LogP contribution is -2.24. The monoisotopic (exact) mass is 277 g/mol. The normalized spacial score (nSPS) is 14.1. The third kappa shape index (κ3) is 3.80. The fraction of sp³-hybridized carbons (Fsp3) is 0.333. The van der Waals surface area contributed by atoms with Crippen molar-refractivity contribution in [2.24, 2.45) is 0 Å². The van der Waals surface area contributed by atoms with E-state index in [1.54, 1.807) is 18.4 Å². The zero-order valence-electron chi connectivity index (χ0n) is 11.2. The molecule has 0 radical (unpaired) electrons. The van der Waals surface area contributed by atoms with Gasteiger partial charge in [-0.15, -0.1) is 11.3 Å². The molecule has 1 heterocycles. The van der Waals surface area contributed by atoms with E-state index < -0.39 is 6.10 Å². The first-order valence-electron chi connectivity index (χ1n) is 6.29. The van der Waals surface area contributed by atoms with E-state index in [2.05, 4.69) is 12.2 Å². The summed E-state index contributed by atoms with van der Waals surface area (Å²) in [4.78, 5) is 0.995. The van der Waals surface area contributed by atoms with Crippen molar-refractivity contribution in [1.29, 1.82) is 0 Å². The Balaban J connectivity index is 1.88. The number of ether oxygens (including phenoxy) is 1. The lowest BCUT2D eigenvalue weighted by Gasteiger charge is -2.17. The number of thiophene rings is 1. The second-order valence-electron chi connectivity index (χ2n) is 4.43. The summed E-state index contributed by atoms with van der Waals surface area (Å²) < 4.78 is 5.14. The summed E-state index contributed by atoms with van der Waals surface area (Å²) in [6.07, 6.45) is -0.444. The molecule has 4 heteroatoms. The summed E-state index contributed by atoms with van der Waals surface area (Å²) in [5.74, 6) is 0.856. The van der Waals surface area contributed by atoms with Gasteiger partial charge in [-0.25, -0.2) is 0 Å². The minimum absolute atomic E-state index is 0.195. The summed E-state index contributed by atoms with van der Waals surface area (Å²) in [5.41, 5.74) is 1.18. The summed E-state index contributed by atoms with van der Waals surface area (Å²) in [6, 6.07) is 12.1. The van der Waals surface area contributed by atoms with E-state index in [1.807, 2.05) is 41.8 Å². The predicted molar refractivity (Wildman–Crippen MR) is 78.7 cm³/mol. The van der Waals surface area contributed by atoms with Crippen LogP contribution < -0.4 is 10.1 Å². The van der Waals surface area contributed by atoms with Crippen LogP contribution in [0.15, 0.2) is 41.8 Å². The van der Waals surface area contributed by atoms with Crippen LogP contribution in [-0.2, 0) is 0 Å². The SMILES string of the molecule is COc1ccc([C@@H](C)NCC(O)c2cccs2)cc1. The summed E-state index contributed by atoms with van der Waals surface area (Å²) in [5, 5.41) is 15.3. The Hall–Kier alpha value is -1.36. The van der Waals surface area contributed by atoms with Crippen molar-refractivity contribution in [1.82, 2.24) is 5.32 Å². The molecular weight excluding hydrogens is 258 g/mol. The molecule has 2 N–H and O–H groups in total. The van der Waals surface area contributed by atoms with Crippen molar-refractivity contribution in [2.45, 2.75) is 19.1 Å². The molecule has 19 heavy (non-hydrogen) atoms. The smallest absolute Gasteiger partial charge is 0.118 e. The molecule has 0 saturated carbocycles. The molecule has 0 aliphatic carbocycles. The Morgan fingerprint density at radius 3 is 2.58 bits per heavy atom. The van der Waals surface area contributed by atoms with Crippen LogP contribution in [0.3, 0.4) is 0 Å². The van der Waals surface area contributed by atoms with Crippen molar-refractivity contribution in [3.8, 4) is 5.75 Å². The van der Waals surface area contributed by atoms with Crippen molar-refractivity contribution < 1.29 is 9.84 Å². The van der Waals surface area contributed by atoms with Gasteiger partial charge in [-0.2, -0.15) is 0 Å². The molecule has 0 fully saturated rings. The number of benzene rings is 1. The van der Waals surface area contributed by atoms with E-state index in [0.717, 1.165) is 10.6 Å². The van der Waals surface area contributed by atoms with Crippen LogP contribution in [0, 0.1) is 0 Å². The lowest BCUT2D eigenvalue weighted by atomic mass is 10.1. The highest BCUT2D eigenvalue weighted by Crippen LogP contribution is 2.20. The van der Waals surface area contributed by atoms with E-state index in [0.29, 0.717) is 6.54 Å². The molecule has 0 aliphatic heterocycles. The van der Waals surface area contributed by atoms with E-state index >= 15 is 0 Å². The Labute approximate surface area is 117 Å². The molecule has 0 bridgehead atoms. The number of hydrogen-bond donors (Lipinski definition) is 2. The molecule has 2 rings (SSSR count). The first-order valence-corrected chi connectivity index (χ1v) is 7.17. The van der Waals surface area contributed by atoms with Crippen LogP contribution in [0.5, 0.6) is 5.75 Å². The molecule has 2 atom stereocenters. The molecule has 0 saturated heterocycles. The molecule has 0 amide bonds. The second kappa shape index (κ2) is 6.70. The molecule has 1 aromatic carbocycles. The number of hydrogen-bond acceptors (Lipinski definition) is 4. The minimum atomic E-state index is -0.444. The Kier molecular flexibility index (Phi) is 4.96. The Morgan fingerprint density at radius 1 is 1.26 bits per heavy atom. The number of rotatable bonds is 6. The van der Waals surface area contributed by atoms with E-state index in [-0.39, 0.29) is 6.04 Å². The maximum Gasteiger partial charge on any atom is 0.118 e. The van der Waals surface area contributed by atoms with Gasteiger partial charge in [-0.05, 0) is 36.1 Å². The molecule has 0 spiro atoms. The highest BCUT2D eigenvalue weighted by Gasteiger charge is 2.11. The minimum Gasteiger partial charge on any atom is -0.497 e. The molecule has 102 valence electrons. The van der Waals surface area contributed by atoms with Gasteiger partial charge < -0.3 is 15.2 Å². The van der Waals surface area contributed by atoms with Crippen LogP contribution in [0.25, 0.3) is 0 Å². The quantitative estimate of drug-likeness (QED) is 0.852. The lowest BCUT2D eigenvalue weighted by molar-refractivity contribution is 0.174. The largest absolute Gasteiger partial charge is 0.497 e. The van der Waals surface area contributed by atoms with Crippen LogP contribution in [0.4, 0.5) is 0 Å². The molecular formula is C15H19NO2S. The van der Waals surface area contributed by atoms with E-state index in [4.69, 9.17) is 4.74 Å². The Morgan fingerprint density at radius 2 is 2.00 bits per heavy atom. The summed E-state index contributed by atoms with van der Waals surface area (Å²) >= 11 is 1.58.